The number of aromatic nitrogens is 4. The van der Waals surface area contributed by atoms with Crippen LogP contribution in [0.1, 0.15) is 6.23 Å². The van der Waals surface area contributed by atoms with Gasteiger partial charge in [0.15, 0.2) is 24.0 Å². The third kappa shape index (κ3) is 6.74. The fourth-order valence-corrected chi connectivity index (χ4v) is 5.58. The molecule has 0 bridgehead atoms. The van der Waals surface area contributed by atoms with E-state index in [0.29, 0.717) is 0 Å². The van der Waals surface area contributed by atoms with Crippen LogP contribution in [0.15, 0.2) is 12.7 Å². The van der Waals surface area contributed by atoms with Gasteiger partial charge in [0.25, 0.3) is 7.82 Å². The third-order valence-electron chi connectivity index (χ3n) is 5.34. The smallest absolute Gasteiger partial charge is 0.756 e. The summed E-state index contributed by atoms with van der Waals surface area (Å²) in [5.74, 6) is 0.0492. The standard InChI is InChI=1S/C15H23N5O14P2.Na/c16-12-7-13(18-3-17-12)20(4-19-7)14-10(23)8(21)5(32-14)1-30-35(26,27)34-36(28,29)31-2-6-9(22)11(24)15(25)33-6;/h3-6,8-11,14-15,21-25H,1-2H2,(H,26,27)(H,28,29)(H2,16,17,18);/q;+1/p-1/t5-,6-,8-,9-,10-,11-,14?,15?;/m1./s1. The Hall–Kier alpha value is -0.670. The zero-order valence-electron chi connectivity index (χ0n) is 18.9. The molecule has 4 heterocycles. The van der Waals surface area contributed by atoms with Gasteiger partial charge in [-0.05, 0) is 0 Å². The molecule has 4 rings (SSSR count). The maximum absolute atomic E-state index is 12.0. The number of ether oxygens (including phenoxy) is 2. The molecule has 2 aromatic rings. The summed E-state index contributed by atoms with van der Waals surface area (Å²) in [6, 6.07) is 0. The molecule has 202 valence electrons. The number of nitrogen functional groups attached to an aromatic ring is 1. The van der Waals surface area contributed by atoms with Gasteiger partial charge in [0, 0.05) is 0 Å². The average Bonchev–Trinajstić information content (AvgIpc) is 3.42. The molecule has 19 nitrogen and oxygen atoms in total. The van der Waals surface area contributed by atoms with Crippen LogP contribution < -0.4 is 40.2 Å². The van der Waals surface area contributed by atoms with Gasteiger partial charge < -0.3 is 55.1 Å². The monoisotopic (exact) mass is 581 g/mol. The van der Waals surface area contributed by atoms with Crippen molar-refractivity contribution in [3.63, 3.8) is 0 Å². The predicted molar refractivity (Wildman–Crippen MR) is 109 cm³/mol. The van der Waals surface area contributed by atoms with Crippen LogP contribution in [0, 0.1) is 0 Å². The fourth-order valence-electron chi connectivity index (χ4n) is 3.53. The Morgan fingerprint density at radius 2 is 1.59 bits per heavy atom. The summed E-state index contributed by atoms with van der Waals surface area (Å²) in [5.41, 5.74) is 6.06. The Bertz CT molecular complexity index is 1190. The maximum atomic E-state index is 12.0. The van der Waals surface area contributed by atoms with Gasteiger partial charge in [0.1, 0.15) is 48.5 Å². The number of phosphoric acid groups is 2. The van der Waals surface area contributed by atoms with E-state index in [0.717, 1.165) is 6.33 Å². The first-order valence-electron chi connectivity index (χ1n) is 10.1. The van der Waals surface area contributed by atoms with E-state index >= 15 is 0 Å². The minimum atomic E-state index is -5.56. The Labute approximate surface area is 229 Å². The second-order valence-corrected chi connectivity index (χ2v) is 10.8. The quantitative estimate of drug-likeness (QED) is 0.107. The molecule has 37 heavy (non-hydrogen) atoms. The van der Waals surface area contributed by atoms with Crippen molar-refractivity contribution in [1.29, 1.82) is 0 Å². The molecule has 0 saturated carbocycles. The van der Waals surface area contributed by atoms with Gasteiger partial charge in [-0.3, -0.25) is 13.7 Å². The molecular formula is C15H22N5NaO14P2. The van der Waals surface area contributed by atoms with Gasteiger partial charge in [-0.2, -0.15) is 0 Å². The summed E-state index contributed by atoms with van der Waals surface area (Å²) < 4.78 is 48.4. The van der Waals surface area contributed by atoms with E-state index in [4.69, 9.17) is 15.2 Å². The van der Waals surface area contributed by atoms with Crippen molar-refractivity contribution in [2.45, 2.75) is 49.1 Å². The van der Waals surface area contributed by atoms with Gasteiger partial charge in [-0.25, -0.2) is 23.8 Å². The summed E-state index contributed by atoms with van der Waals surface area (Å²) in [5, 5.41) is 48.9. The van der Waals surface area contributed by atoms with Crippen molar-refractivity contribution in [3.8, 4) is 0 Å². The minimum absolute atomic E-state index is 0. The van der Waals surface area contributed by atoms with E-state index in [1.165, 1.54) is 10.9 Å². The molecule has 2 aromatic heterocycles. The Morgan fingerprint density at radius 1 is 0.973 bits per heavy atom. The largest absolute Gasteiger partial charge is 1.00 e. The molecule has 0 amide bonds. The number of nitrogens with zero attached hydrogens (tertiary/aromatic N) is 4. The van der Waals surface area contributed by atoms with Crippen LogP contribution in [0.4, 0.5) is 5.82 Å². The molecule has 0 aliphatic carbocycles. The Kier molecular flexibility index (Phi) is 9.87. The number of fused-ring (bicyclic) bond motifs is 1. The van der Waals surface area contributed by atoms with Crippen molar-refractivity contribution in [1.82, 2.24) is 19.5 Å². The molecular weight excluding hydrogens is 559 g/mol. The second-order valence-electron chi connectivity index (χ2n) is 7.76. The summed E-state index contributed by atoms with van der Waals surface area (Å²) in [6.07, 6.45) is -10.3. The Morgan fingerprint density at radius 3 is 2.24 bits per heavy atom. The first-order chi connectivity index (χ1) is 16.8. The van der Waals surface area contributed by atoms with Crippen LogP contribution in [0.25, 0.3) is 11.2 Å². The molecule has 2 aliphatic rings. The summed E-state index contributed by atoms with van der Waals surface area (Å²) in [6.45, 7) is -1.88. The van der Waals surface area contributed by atoms with Crippen molar-refractivity contribution in [3.05, 3.63) is 12.7 Å². The Balaban J connectivity index is 0.00000380. The molecule has 2 aliphatic heterocycles. The molecule has 0 radical (unpaired) electrons. The normalized spacial score (nSPS) is 35.2. The molecule has 2 fully saturated rings. The zero-order chi connectivity index (χ0) is 26.4. The van der Waals surface area contributed by atoms with E-state index in [9.17, 15) is 44.4 Å². The number of aliphatic hydroxyl groups excluding tert-OH is 5. The number of hydrogen-bond acceptors (Lipinski definition) is 17. The topological polar surface area (TPSA) is 294 Å². The first-order valence-corrected chi connectivity index (χ1v) is 13.0. The van der Waals surface area contributed by atoms with Crippen molar-refractivity contribution in [2.75, 3.05) is 18.9 Å². The number of nitrogens with two attached hydrogens (primary N) is 1. The SMILES string of the molecule is Nc1ncnc2c1ncn2C1O[C@H](COP(=O)([O-])OP(=O)(O)OC[C@H]2OC(O)[C@H](O)[C@@H]2O)[C@@H](O)[C@H]1O.[Na+]. The van der Waals surface area contributed by atoms with Crippen LogP contribution in [0.5, 0.6) is 0 Å². The van der Waals surface area contributed by atoms with E-state index in [-0.39, 0.29) is 46.5 Å². The number of rotatable bonds is 9. The summed E-state index contributed by atoms with van der Waals surface area (Å²) in [4.78, 5) is 33.4. The maximum Gasteiger partial charge on any atom is 1.00 e. The van der Waals surface area contributed by atoms with E-state index < -0.39 is 78.0 Å². The van der Waals surface area contributed by atoms with Gasteiger partial charge >= 0.3 is 37.4 Å². The van der Waals surface area contributed by atoms with Gasteiger partial charge in [0.2, 0.25) is 0 Å². The van der Waals surface area contributed by atoms with E-state index in [1.54, 1.807) is 0 Å². The number of aliphatic hydroxyl groups is 5. The van der Waals surface area contributed by atoms with Crippen molar-refractivity contribution in [2.24, 2.45) is 0 Å². The van der Waals surface area contributed by atoms with Crippen LogP contribution in [0.3, 0.4) is 0 Å². The number of anilines is 1. The van der Waals surface area contributed by atoms with E-state index in [1.807, 2.05) is 0 Å². The average molecular weight is 581 g/mol. The van der Waals surface area contributed by atoms with E-state index in [2.05, 4.69) is 28.3 Å². The van der Waals surface area contributed by atoms with Crippen LogP contribution in [0.2, 0.25) is 0 Å². The molecule has 8 N–H and O–H groups in total. The minimum Gasteiger partial charge on any atom is -0.756 e. The molecule has 22 heteroatoms. The summed E-state index contributed by atoms with van der Waals surface area (Å²) >= 11 is 0. The number of imidazole rings is 1. The van der Waals surface area contributed by atoms with Crippen molar-refractivity contribution >= 4 is 32.6 Å². The van der Waals surface area contributed by atoms with Crippen LogP contribution in [-0.2, 0) is 32.0 Å². The van der Waals surface area contributed by atoms with Crippen LogP contribution in [-0.4, -0.2) is 106 Å². The third-order valence-corrected chi connectivity index (χ3v) is 7.90. The van der Waals surface area contributed by atoms with Gasteiger partial charge in [0.05, 0.1) is 19.5 Å². The molecule has 2 saturated heterocycles. The van der Waals surface area contributed by atoms with Gasteiger partial charge in [-0.1, -0.05) is 0 Å². The van der Waals surface area contributed by atoms with Crippen molar-refractivity contribution < 1.29 is 96.8 Å². The molecule has 0 spiro atoms. The number of phosphoric ester groups is 2. The van der Waals surface area contributed by atoms with Crippen LogP contribution >= 0.6 is 15.6 Å². The molecule has 10 atom stereocenters. The fraction of sp³-hybridized carbons (Fsp3) is 0.667. The first kappa shape index (κ1) is 30.9. The van der Waals surface area contributed by atoms with Gasteiger partial charge in [-0.15, -0.1) is 0 Å². The number of hydrogen-bond donors (Lipinski definition) is 7. The molecule has 0 aromatic carbocycles. The molecule has 4 unspecified atom stereocenters. The summed E-state index contributed by atoms with van der Waals surface area (Å²) in [7, 11) is -10.9. The second kappa shape index (κ2) is 11.8. The predicted octanol–water partition coefficient (Wildman–Crippen LogP) is -6.91. The zero-order valence-corrected chi connectivity index (χ0v) is 22.7.